The van der Waals surface area contributed by atoms with E-state index in [1.807, 2.05) is 6.07 Å². The fourth-order valence-corrected chi connectivity index (χ4v) is 3.20. The van der Waals surface area contributed by atoms with Crippen LogP contribution in [0.3, 0.4) is 0 Å². The number of benzene rings is 1. The molecule has 1 aliphatic heterocycles. The van der Waals surface area contributed by atoms with E-state index in [1.54, 1.807) is 12.3 Å². The zero-order valence-electron chi connectivity index (χ0n) is 13.5. The largest absolute Gasteiger partial charge is 0.416 e. The minimum atomic E-state index is -4.37. The second-order valence-electron chi connectivity index (χ2n) is 5.78. The highest BCUT2D eigenvalue weighted by molar-refractivity contribution is 9.10. The average Bonchev–Trinajstić information content (AvgIpc) is 3.09. The first-order valence-electron chi connectivity index (χ1n) is 7.84. The lowest BCUT2D eigenvalue weighted by Crippen LogP contribution is -2.26. The molecule has 1 aromatic carbocycles. The number of carbonyl (C=O) groups excluding carboxylic acids is 1. The van der Waals surface area contributed by atoms with Crippen molar-refractivity contribution in [1.29, 1.82) is 0 Å². The molecule has 3 rings (SSSR count). The maximum absolute atomic E-state index is 12.6. The van der Waals surface area contributed by atoms with E-state index in [0.717, 1.165) is 23.3 Å². The van der Waals surface area contributed by atoms with Crippen molar-refractivity contribution in [2.75, 3.05) is 13.1 Å². The van der Waals surface area contributed by atoms with Crippen LogP contribution < -0.4 is 10.6 Å². The van der Waals surface area contributed by atoms with Crippen LogP contribution >= 0.6 is 15.9 Å². The molecule has 0 saturated carbocycles. The van der Waals surface area contributed by atoms with Crippen LogP contribution in [0.2, 0.25) is 0 Å². The number of rotatable bonds is 4. The molecule has 8 heteroatoms. The first-order chi connectivity index (χ1) is 12.4. The van der Waals surface area contributed by atoms with Crippen molar-refractivity contribution in [2.45, 2.75) is 12.7 Å². The van der Waals surface area contributed by atoms with Crippen LogP contribution in [0, 0.1) is 0 Å². The van der Waals surface area contributed by atoms with E-state index in [-0.39, 0.29) is 12.5 Å². The summed E-state index contributed by atoms with van der Waals surface area (Å²) in [5, 5.41) is 5.91. The van der Waals surface area contributed by atoms with Gasteiger partial charge in [0, 0.05) is 37.0 Å². The summed E-state index contributed by atoms with van der Waals surface area (Å²) < 4.78 is 38.4. The van der Waals surface area contributed by atoms with Crippen molar-refractivity contribution in [3.8, 4) is 0 Å². The van der Waals surface area contributed by atoms with E-state index >= 15 is 0 Å². The molecule has 0 aliphatic carbocycles. The molecule has 1 aliphatic rings. The highest BCUT2D eigenvalue weighted by Gasteiger charge is 2.30. The Kier molecular flexibility index (Phi) is 5.43. The Labute approximate surface area is 156 Å². The number of hydrogen-bond donors (Lipinski definition) is 2. The zero-order chi connectivity index (χ0) is 18.7. The second kappa shape index (κ2) is 7.59. The normalized spacial score (nSPS) is 14.6. The fourth-order valence-electron chi connectivity index (χ4n) is 2.71. The van der Waals surface area contributed by atoms with Crippen molar-refractivity contribution in [3.05, 3.63) is 69.5 Å². The van der Waals surface area contributed by atoms with Crippen molar-refractivity contribution in [1.82, 2.24) is 15.6 Å². The number of pyridine rings is 1. The van der Waals surface area contributed by atoms with Crippen LogP contribution in [0.4, 0.5) is 13.2 Å². The summed E-state index contributed by atoms with van der Waals surface area (Å²) >= 11 is 3.38. The molecule has 0 spiro atoms. The van der Waals surface area contributed by atoms with Crippen molar-refractivity contribution >= 4 is 27.4 Å². The number of aromatic nitrogens is 1. The molecule has 1 amide bonds. The summed E-state index contributed by atoms with van der Waals surface area (Å²) in [7, 11) is 0. The van der Waals surface area contributed by atoms with E-state index in [1.165, 1.54) is 12.1 Å². The van der Waals surface area contributed by atoms with Crippen LogP contribution in [0.15, 0.2) is 52.8 Å². The summed E-state index contributed by atoms with van der Waals surface area (Å²) in [4.78, 5) is 16.7. The summed E-state index contributed by atoms with van der Waals surface area (Å²) in [6, 6.07) is 8.42. The van der Waals surface area contributed by atoms with Gasteiger partial charge in [0.1, 0.15) is 4.60 Å². The van der Waals surface area contributed by atoms with Crippen molar-refractivity contribution in [3.63, 3.8) is 0 Å². The molecule has 0 radical (unpaired) electrons. The van der Waals surface area contributed by atoms with Gasteiger partial charge >= 0.3 is 6.18 Å². The Balaban J connectivity index is 1.71. The van der Waals surface area contributed by atoms with Gasteiger partial charge in [-0.3, -0.25) is 4.79 Å². The molecule has 136 valence electrons. The lowest BCUT2D eigenvalue weighted by atomic mass is 10.0. The summed E-state index contributed by atoms with van der Waals surface area (Å²) in [5.41, 5.74) is 2.19. The van der Waals surface area contributed by atoms with Crippen molar-refractivity contribution < 1.29 is 18.0 Å². The summed E-state index contributed by atoms with van der Waals surface area (Å²) in [5.74, 6) is -0.249. The topological polar surface area (TPSA) is 54.0 Å². The van der Waals surface area contributed by atoms with Crippen LogP contribution in [0.1, 0.15) is 16.7 Å². The molecular weight excluding hydrogens is 411 g/mol. The van der Waals surface area contributed by atoms with Crippen LogP contribution in [-0.4, -0.2) is 24.0 Å². The molecule has 1 aromatic heterocycles. The Morgan fingerprint density at radius 1 is 1.19 bits per heavy atom. The Hall–Kier alpha value is -2.19. The third-order valence-electron chi connectivity index (χ3n) is 4.06. The fraction of sp³-hybridized carbons (Fsp3) is 0.222. The molecule has 26 heavy (non-hydrogen) atoms. The molecule has 0 atom stereocenters. The first-order valence-corrected chi connectivity index (χ1v) is 8.63. The molecule has 0 fully saturated rings. The maximum Gasteiger partial charge on any atom is 0.416 e. The van der Waals surface area contributed by atoms with E-state index < -0.39 is 11.7 Å². The standard InChI is InChI=1S/C18H15BrF3N3O/c19-16-13(2-1-7-24-16)14-9-23-10-15(14)17(26)25-8-11-3-5-12(6-4-11)18(20,21)22/h1-7,23H,8-10H2,(H,25,26). The quantitative estimate of drug-likeness (QED) is 0.736. The molecule has 2 N–H and O–H groups in total. The van der Waals surface area contributed by atoms with Gasteiger partial charge in [-0.05, 0) is 45.3 Å². The number of hydrogen-bond acceptors (Lipinski definition) is 3. The molecule has 2 heterocycles. The number of carbonyl (C=O) groups is 1. The zero-order valence-corrected chi connectivity index (χ0v) is 15.1. The number of halogens is 4. The Bertz CT molecular complexity index is 848. The van der Waals surface area contributed by atoms with E-state index in [0.29, 0.717) is 28.8 Å². The van der Waals surface area contributed by atoms with Crippen LogP contribution in [0.5, 0.6) is 0 Å². The number of alkyl halides is 3. The van der Waals surface area contributed by atoms with Gasteiger partial charge in [-0.1, -0.05) is 18.2 Å². The molecular formula is C18H15BrF3N3O. The monoisotopic (exact) mass is 425 g/mol. The highest BCUT2D eigenvalue weighted by Crippen LogP contribution is 2.29. The van der Waals surface area contributed by atoms with E-state index in [2.05, 4.69) is 31.5 Å². The first kappa shape index (κ1) is 18.6. The summed E-state index contributed by atoms with van der Waals surface area (Å²) in [6.07, 6.45) is -2.71. The lowest BCUT2D eigenvalue weighted by molar-refractivity contribution is -0.137. The SMILES string of the molecule is O=C(NCc1ccc(C(F)(F)F)cc1)C1=C(c2cccnc2Br)CNC1. The average molecular weight is 426 g/mol. The third-order valence-corrected chi connectivity index (χ3v) is 4.69. The molecule has 4 nitrogen and oxygen atoms in total. The van der Waals surface area contributed by atoms with Gasteiger partial charge in [0.25, 0.3) is 0 Å². The molecule has 0 unspecified atom stereocenters. The molecule has 0 bridgehead atoms. The highest BCUT2D eigenvalue weighted by atomic mass is 79.9. The third kappa shape index (κ3) is 4.13. The van der Waals surface area contributed by atoms with Gasteiger partial charge in [0.15, 0.2) is 0 Å². The maximum atomic E-state index is 12.6. The van der Waals surface area contributed by atoms with Gasteiger partial charge in [0.05, 0.1) is 5.56 Å². The molecule has 0 saturated heterocycles. The number of nitrogens with zero attached hydrogens (tertiary/aromatic N) is 1. The van der Waals surface area contributed by atoms with E-state index in [4.69, 9.17) is 0 Å². The van der Waals surface area contributed by atoms with Gasteiger partial charge in [0.2, 0.25) is 5.91 Å². The molecule has 2 aromatic rings. The van der Waals surface area contributed by atoms with Crippen molar-refractivity contribution in [2.24, 2.45) is 0 Å². The number of amides is 1. The van der Waals surface area contributed by atoms with Gasteiger partial charge in [-0.2, -0.15) is 13.2 Å². The lowest BCUT2D eigenvalue weighted by Gasteiger charge is -2.10. The predicted molar refractivity (Wildman–Crippen MR) is 95.0 cm³/mol. The number of nitrogens with one attached hydrogen (secondary N) is 2. The minimum absolute atomic E-state index is 0.155. The summed E-state index contributed by atoms with van der Waals surface area (Å²) in [6.45, 7) is 1.13. The minimum Gasteiger partial charge on any atom is -0.348 e. The van der Waals surface area contributed by atoms with Gasteiger partial charge in [-0.25, -0.2) is 4.98 Å². The van der Waals surface area contributed by atoms with Gasteiger partial charge < -0.3 is 10.6 Å². The Morgan fingerprint density at radius 3 is 2.58 bits per heavy atom. The van der Waals surface area contributed by atoms with E-state index in [9.17, 15) is 18.0 Å². The van der Waals surface area contributed by atoms with Gasteiger partial charge in [-0.15, -0.1) is 0 Å². The smallest absolute Gasteiger partial charge is 0.348 e. The Morgan fingerprint density at radius 2 is 1.92 bits per heavy atom. The second-order valence-corrected chi connectivity index (χ2v) is 6.53. The van der Waals surface area contributed by atoms with Crippen LogP contribution in [-0.2, 0) is 17.5 Å². The van der Waals surface area contributed by atoms with Crippen LogP contribution in [0.25, 0.3) is 5.57 Å². The predicted octanol–water partition coefficient (Wildman–Crippen LogP) is 3.54.